The average molecular weight is 472 g/mol. The van der Waals surface area contributed by atoms with E-state index in [0.29, 0.717) is 28.3 Å². The molecule has 1 N–H and O–H groups in total. The van der Waals surface area contributed by atoms with Gasteiger partial charge in [0.2, 0.25) is 0 Å². The van der Waals surface area contributed by atoms with Gasteiger partial charge < -0.3 is 14.6 Å². The molecule has 180 valence electrons. The lowest BCUT2D eigenvalue weighted by Crippen LogP contribution is -2.29. The third kappa shape index (κ3) is 5.06. The third-order valence-corrected chi connectivity index (χ3v) is 5.53. The Morgan fingerprint density at radius 1 is 0.800 bits per heavy atom. The minimum atomic E-state index is -0.805. The van der Waals surface area contributed by atoms with E-state index in [4.69, 9.17) is 9.47 Å². The largest absolute Gasteiger partial charge is 0.507 e. The molecule has 0 radical (unpaired) electrons. The molecule has 3 aromatic rings. The summed E-state index contributed by atoms with van der Waals surface area (Å²) in [5.41, 5.74) is 1.68. The minimum Gasteiger partial charge on any atom is -0.507 e. The van der Waals surface area contributed by atoms with Crippen LogP contribution in [0, 0.1) is 0 Å². The number of amides is 1. The average Bonchev–Trinajstić information content (AvgIpc) is 3.09. The van der Waals surface area contributed by atoms with Crippen molar-refractivity contribution in [2.45, 2.75) is 45.9 Å². The molecule has 3 aromatic carbocycles. The van der Waals surface area contributed by atoms with E-state index in [-0.39, 0.29) is 23.5 Å². The molecule has 0 aliphatic carbocycles. The van der Waals surface area contributed by atoms with Crippen LogP contribution in [-0.4, -0.2) is 29.0 Å². The van der Waals surface area contributed by atoms with Gasteiger partial charge in [0.15, 0.2) is 0 Å². The molecule has 1 unspecified atom stereocenters. The molecule has 0 spiro atoms. The predicted octanol–water partition coefficient (Wildman–Crippen LogP) is 5.89. The van der Waals surface area contributed by atoms with Gasteiger partial charge in [-0.2, -0.15) is 0 Å². The zero-order chi connectivity index (χ0) is 25.1. The van der Waals surface area contributed by atoms with Gasteiger partial charge in [-0.25, -0.2) is 0 Å². The number of aliphatic hydroxyl groups is 1. The summed E-state index contributed by atoms with van der Waals surface area (Å²) in [5.74, 6) is -0.440. The number of Topliss-reactive ketones (excluding diaryl/α,β-unsaturated/α-hetero) is 1. The lowest BCUT2D eigenvalue weighted by molar-refractivity contribution is -0.132. The van der Waals surface area contributed by atoms with Crippen LogP contribution in [0.15, 0.2) is 84.4 Å². The number of ether oxygens (including phenoxy) is 2. The molecule has 6 nitrogen and oxygen atoms in total. The fourth-order valence-electron chi connectivity index (χ4n) is 4.15. The number of rotatable bonds is 7. The number of carbonyl (C=O) groups is 2. The zero-order valence-corrected chi connectivity index (χ0v) is 20.3. The van der Waals surface area contributed by atoms with Crippen LogP contribution in [0.5, 0.6) is 11.5 Å². The number of nitrogens with zero attached hydrogens (tertiary/aromatic N) is 1. The Hall–Kier alpha value is -4.06. The fraction of sp³-hybridized carbons (Fsp3) is 0.241. The quantitative estimate of drug-likeness (QED) is 0.264. The number of para-hydroxylation sites is 1. The van der Waals surface area contributed by atoms with Crippen molar-refractivity contribution in [3.63, 3.8) is 0 Å². The second-order valence-electron chi connectivity index (χ2n) is 8.93. The molecule has 1 atom stereocenters. The van der Waals surface area contributed by atoms with Crippen LogP contribution in [0.1, 0.15) is 44.9 Å². The summed E-state index contributed by atoms with van der Waals surface area (Å²) >= 11 is 0. The van der Waals surface area contributed by atoms with Crippen LogP contribution in [0.25, 0.3) is 5.76 Å². The molecule has 1 amide bonds. The summed E-state index contributed by atoms with van der Waals surface area (Å²) < 4.78 is 11.5. The van der Waals surface area contributed by atoms with Crippen molar-refractivity contribution in [2.24, 2.45) is 0 Å². The van der Waals surface area contributed by atoms with E-state index in [1.165, 1.54) is 4.90 Å². The van der Waals surface area contributed by atoms with Crippen molar-refractivity contribution in [2.75, 3.05) is 4.90 Å². The predicted molar refractivity (Wildman–Crippen MR) is 136 cm³/mol. The van der Waals surface area contributed by atoms with Crippen LogP contribution < -0.4 is 14.4 Å². The maximum Gasteiger partial charge on any atom is 0.300 e. The molecule has 0 saturated carbocycles. The second-order valence-corrected chi connectivity index (χ2v) is 8.93. The van der Waals surface area contributed by atoms with E-state index in [1.54, 1.807) is 60.7 Å². The maximum atomic E-state index is 13.3. The van der Waals surface area contributed by atoms with E-state index >= 15 is 0 Å². The lowest BCUT2D eigenvalue weighted by Gasteiger charge is -2.25. The van der Waals surface area contributed by atoms with Gasteiger partial charge >= 0.3 is 0 Å². The highest BCUT2D eigenvalue weighted by molar-refractivity contribution is 6.51. The number of carbonyl (C=O) groups excluding carboxylic acids is 2. The van der Waals surface area contributed by atoms with Crippen molar-refractivity contribution in [1.29, 1.82) is 0 Å². The van der Waals surface area contributed by atoms with Crippen LogP contribution in [-0.2, 0) is 9.59 Å². The highest BCUT2D eigenvalue weighted by Crippen LogP contribution is 2.42. The molecular formula is C29H29NO5. The summed E-state index contributed by atoms with van der Waals surface area (Å²) in [5, 5.41) is 11.3. The van der Waals surface area contributed by atoms with Crippen molar-refractivity contribution >= 4 is 23.1 Å². The lowest BCUT2D eigenvalue weighted by atomic mass is 9.95. The minimum absolute atomic E-state index is 0.0103. The fourth-order valence-corrected chi connectivity index (χ4v) is 4.15. The number of anilines is 1. The van der Waals surface area contributed by atoms with Gasteiger partial charge in [0.25, 0.3) is 11.7 Å². The van der Waals surface area contributed by atoms with E-state index in [9.17, 15) is 14.7 Å². The molecule has 1 heterocycles. The summed E-state index contributed by atoms with van der Waals surface area (Å²) in [7, 11) is 0. The molecule has 1 aliphatic heterocycles. The first-order chi connectivity index (χ1) is 16.8. The molecule has 1 aliphatic rings. The summed E-state index contributed by atoms with van der Waals surface area (Å²) in [4.78, 5) is 28.0. The van der Waals surface area contributed by atoms with Crippen molar-refractivity contribution in [1.82, 2.24) is 0 Å². The molecule has 0 bridgehead atoms. The SMILES string of the molecule is CC(C)Oc1ccc(C2/C(=C(/O)c3cccc(OC(C)C)c3)C(=O)C(=O)N2c2ccccc2)cc1. The van der Waals surface area contributed by atoms with E-state index in [2.05, 4.69) is 0 Å². The number of hydrogen-bond donors (Lipinski definition) is 1. The molecule has 0 aromatic heterocycles. The molecule has 4 rings (SSSR count). The monoisotopic (exact) mass is 471 g/mol. The normalized spacial score (nSPS) is 17.3. The van der Waals surface area contributed by atoms with Crippen LogP contribution >= 0.6 is 0 Å². The highest BCUT2D eigenvalue weighted by Gasteiger charge is 2.46. The third-order valence-electron chi connectivity index (χ3n) is 5.53. The van der Waals surface area contributed by atoms with E-state index < -0.39 is 17.7 Å². The van der Waals surface area contributed by atoms with Gasteiger partial charge in [0.1, 0.15) is 17.3 Å². The maximum absolute atomic E-state index is 13.3. The highest BCUT2D eigenvalue weighted by atomic mass is 16.5. The zero-order valence-electron chi connectivity index (χ0n) is 20.3. The number of benzene rings is 3. The van der Waals surface area contributed by atoms with Gasteiger partial charge in [-0.05, 0) is 69.7 Å². The first kappa shape index (κ1) is 24.1. The Kier molecular flexibility index (Phi) is 6.92. The van der Waals surface area contributed by atoms with Crippen molar-refractivity contribution in [3.05, 3.63) is 95.6 Å². The first-order valence-electron chi connectivity index (χ1n) is 11.7. The molecule has 1 fully saturated rings. The van der Waals surface area contributed by atoms with Crippen LogP contribution in [0.3, 0.4) is 0 Å². The standard InChI is InChI=1S/C29H29NO5/c1-18(2)34-23-15-13-20(14-16-23)26-25(27(31)21-9-8-12-24(17-21)35-19(3)4)28(32)29(33)30(26)22-10-6-5-7-11-22/h5-19,26,31H,1-4H3/b27-25-. The van der Waals surface area contributed by atoms with Gasteiger partial charge in [-0.3, -0.25) is 14.5 Å². The van der Waals surface area contributed by atoms with E-state index in [1.807, 2.05) is 45.9 Å². The summed E-state index contributed by atoms with van der Waals surface area (Å²) in [6, 6.07) is 22.3. The summed E-state index contributed by atoms with van der Waals surface area (Å²) in [6.45, 7) is 7.69. The number of hydrogen-bond acceptors (Lipinski definition) is 5. The summed E-state index contributed by atoms with van der Waals surface area (Å²) in [6.07, 6.45) is -0.0428. The van der Waals surface area contributed by atoms with Crippen molar-refractivity contribution in [3.8, 4) is 11.5 Å². The van der Waals surface area contributed by atoms with Crippen LogP contribution in [0.2, 0.25) is 0 Å². The smallest absolute Gasteiger partial charge is 0.300 e. The second kappa shape index (κ2) is 10.1. The number of aliphatic hydroxyl groups excluding tert-OH is 1. The van der Waals surface area contributed by atoms with E-state index in [0.717, 1.165) is 0 Å². The topological polar surface area (TPSA) is 76.1 Å². The Bertz CT molecular complexity index is 1250. The Morgan fingerprint density at radius 2 is 1.43 bits per heavy atom. The molecule has 35 heavy (non-hydrogen) atoms. The number of ketones is 1. The first-order valence-corrected chi connectivity index (χ1v) is 11.7. The van der Waals surface area contributed by atoms with Gasteiger partial charge in [0, 0.05) is 11.3 Å². The van der Waals surface area contributed by atoms with Crippen molar-refractivity contribution < 1.29 is 24.2 Å². The van der Waals surface area contributed by atoms with Gasteiger partial charge in [0.05, 0.1) is 23.8 Å². The Balaban J connectivity index is 1.86. The Morgan fingerprint density at radius 3 is 2.06 bits per heavy atom. The molecule has 6 heteroatoms. The Labute approximate surface area is 205 Å². The van der Waals surface area contributed by atoms with Gasteiger partial charge in [-0.15, -0.1) is 0 Å². The van der Waals surface area contributed by atoms with Crippen LogP contribution in [0.4, 0.5) is 5.69 Å². The molecular weight excluding hydrogens is 442 g/mol. The van der Waals surface area contributed by atoms with Gasteiger partial charge in [-0.1, -0.05) is 42.5 Å². The molecule has 1 saturated heterocycles.